The van der Waals surface area contributed by atoms with E-state index in [1.54, 1.807) is 0 Å². The van der Waals surface area contributed by atoms with Gasteiger partial charge in [0.1, 0.15) is 29.4 Å². The molecule has 0 bridgehead atoms. The average Bonchev–Trinajstić information content (AvgIpc) is 3.62. The number of anilines is 1. The highest BCUT2D eigenvalue weighted by Gasteiger charge is 2.42. The van der Waals surface area contributed by atoms with Gasteiger partial charge in [0.2, 0.25) is 5.43 Å². The number of carbonyl (C=O) groups is 1. The first-order chi connectivity index (χ1) is 14.8. The van der Waals surface area contributed by atoms with E-state index in [1.807, 2.05) is 0 Å². The lowest BCUT2D eigenvalue weighted by atomic mass is 10.1. The van der Waals surface area contributed by atoms with Gasteiger partial charge in [-0.1, -0.05) is 0 Å². The number of fused-ring (bicyclic) bond motifs is 1. The molecule has 6 nitrogen and oxygen atoms in total. The maximum Gasteiger partial charge on any atom is 0.341 e. The lowest BCUT2D eigenvalue weighted by Gasteiger charge is -2.22. The zero-order valence-electron chi connectivity index (χ0n) is 16.5. The van der Waals surface area contributed by atoms with Crippen molar-refractivity contribution in [1.82, 2.24) is 9.88 Å². The van der Waals surface area contributed by atoms with E-state index < -0.39 is 64.0 Å². The Kier molecular flexibility index (Phi) is 4.72. The number of rotatable bonds is 6. The first kappa shape index (κ1) is 20.3. The second-order valence-electron chi connectivity index (χ2n) is 8.68. The molecule has 31 heavy (non-hydrogen) atoms. The Balaban J connectivity index is 1.59. The lowest BCUT2D eigenvalue weighted by Crippen LogP contribution is -2.30. The second kappa shape index (κ2) is 7.22. The molecule has 2 aliphatic carbocycles. The molecule has 2 N–H and O–H groups in total. The minimum Gasteiger partial charge on any atom is -0.477 e. The SMILES string of the molecule is O=C(O)c1cn(C2CC2F)c2c(F)c(N3CC(F)C(CNC4CC4)C3)c(F)cc2c1=O. The van der Waals surface area contributed by atoms with Gasteiger partial charge in [0.15, 0.2) is 5.82 Å². The van der Waals surface area contributed by atoms with Crippen LogP contribution in [0.1, 0.15) is 35.7 Å². The van der Waals surface area contributed by atoms with Crippen molar-refractivity contribution >= 4 is 22.6 Å². The van der Waals surface area contributed by atoms with Crippen LogP contribution in [0.3, 0.4) is 0 Å². The summed E-state index contributed by atoms with van der Waals surface area (Å²) in [7, 11) is 0. The second-order valence-corrected chi connectivity index (χ2v) is 8.68. The van der Waals surface area contributed by atoms with Crippen LogP contribution in [0.15, 0.2) is 17.1 Å². The van der Waals surface area contributed by atoms with E-state index in [0.717, 1.165) is 29.7 Å². The normalized spacial score (nSPS) is 27.8. The number of aromatic nitrogens is 1. The Morgan fingerprint density at radius 2 is 1.90 bits per heavy atom. The van der Waals surface area contributed by atoms with Gasteiger partial charge in [-0.2, -0.15) is 0 Å². The zero-order chi connectivity index (χ0) is 22.0. The molecular weight excluding hydrogens is 418 g/mol. The summed E-state index contributed by atoms with van der Waals surface area (Å²) in [5.41, 5.74) is -2.56. The fraction of sp³-hybridized carbons (Fsp3) is 0.524. The summed E-state index contributed by atoms with van der Waals surface area (Å²) in [4.78, 5) is 25.2. The molecule has 0 amide bonds. The summed E-state index contributed by atoms with van der Waals surface area (Å²) in [5.74, 6) is -4.18. The molecule has 2 saturated carbocycles. The van der Waals surface area contributed by atoms with E-state index in [-0.39, 0.29) is 25.0 Å². The van der Waals surface area contributed by atoms with Gasteiger partial charge in [0, 0.05) is 44.2 Å². The topological polar surface area (TPSA) is 74.6 Å². The van der Waals surface area contributed by atoms with E-state index in [1.165, 1.54) is 4.90 Å². The maximum absolute atomic E-state index is 15.6. The molecule has 2 heterocycles. The Morgan fingerprint density at radius 1 is 1.19 bits per heavy atom. The fourth-order valence-corrected chi connectivity index (χ4v) is 4.39. The molecule has 3 aliphatic rings. The zero-order valence-corrected chi connectivity index (χ0v) is 16.5. The maximum atomic E-state index is 15.6. The summed E-state index contributed by atoms with van der Waals surface area (Å²) in [6.45, 7) is 0.285. The molecule has 0 radical (unpaired) electrons. The van der Waals surface area contributed by atoms with E-state index in [2.05, 4.69) is 5.32 Å². The molecular formula is C21H21F4N3O3. The standard InChI is InChI=1S/C21H21F4N3O3/c22-13-4-16(13)28-7-12(21(30)31)20(29)11-3-14(23)19(17(25)18(11)28)27-6-9(15(24)8-27)5-26-10-1-2-10/h3,7,9-10,13,15-16,26H,1-2,4-6,8H2,(H,30,31). The van der Waals surface area contributed by atoms with Crippen LogP contribution in [0.5, 0.6) is 0 Å². The molecule has 1 aromatic carbocycles. The number of hydrogen-bond donors (Lipinski definition) is 2. The molecule has 4 atom stereocenters. The smallest absolute Gasteiger partial charge is 0.341 e. The summed E-state index contributed by atoms with van der Waals surface area (Å²) in [6.07, 6.45) is 0.416. The minimum absolute atomic E-state index is 0.0361. The third-order valence-corrected chi connectivity index (χ3v) is 6.38. The highest BCUT2D eigenvalue weighted by Crippen LogP contribution is 2.42. The van der Waals surface area contributed by atoms with Crippen LogP contribution in [0.4, 0.5) is 23.2 Å². The Labute approximate surface area is 174 Å². The van der Waals surface area contributed by atoms with E-state index in [0.29, 0.717) is 12.6 Å². The van der Waals surface area contributed by atoms with E-state index in [4.69, 9.17) is 0 Å². The Morgan fingerprint density at radius 3 is 2.52 bits per heavy atom. The van der Waals surface area contributed by atoms with Gasteiger partial charge in [0.25, 0.3) is 0 Å². The monoisotopic (exact) mass is 439 g/mol. The molecule has 1 aromatic heterocycles. The first-order valence-corrected chi connectivity index (χ1v) is 10.3. The van der Waals surface area contributed by atoms with Crippen molar-refractivity contribution in [3.8, 4) is 0 Å². The number of carboxylic acids is 1. The average molecular weight is 439 g/mol. The largest absolute Gasteiger partial charge is 0.477 e. The molecule has 2 aromatic rings. The highest BCUT2D eigenvalue weighted by molar-refractivity contribution is 5.94. The molecule has 166 valence electrons. The summed E-state index contributed by atoms with van der Waals surface area (Å²) in [6, 6.07) is 0.315. The number of pyridine rings is 1. The summed E-state index contributed by atoms with van der Waals surface area (Å²) >= 11 is 0. The van der Waals surface area contributed by atoms with Gasteiger partial charge in [-0.05, 0) is 18.9 Å². The number of nitrogens with zero attached hydrogens (tertiary/aromatic N) is 2. The van der Waals surface area contributed by atoms with Gasteiger partial charge in [0.05, 0.1) is 16.9 Å². The Hall–Kier alpha value is -2.62. The Bertz CT molecular complexity index is 1130. The van der Waals surface area contributed by atoms with Crippen LogP contribution in [-0.4, -0.2) is 53.7 Å². The van der Waals surface area contributed by atoms with Crippen LogP contribution < -0.4 is 15.6 Å². The highest BCUT2D eigenvalue weighted by atomic mass is 19.1. The quantitative estimate of drug-likeness (QED) is 0.678. The van der Waals surface area contributed by atoms with Crippen LogP contribution in [0.2, 0.25) is 0 Å². The van der Waals surface area contributed by atoms with Gasteiger partial charge in [-0.15, -0.1) is 0 Å². The molecule has 5 rings (SSSR count). The van der Waals surface area contributed by atoms with Gasteiger partial charge < -0.3 is 19.9 Å². The predicted octanol–water partition coefficient (Wildman–Crippen LogP) is 2.79. The first-order valence-electron chi connectivity index (χ1n) is 10.3. The van der Waals surface area contributed by atoms with Gasteiger partial charge in [-0.3, -0.25) is 4.79 Å². The molecule has 0 spiro atoms. The van der Waals surface area contributed by atoms with E-state index in [9.17, 15) is 27.9 Å². The number of halogens is 4. The van der Waals surface area contributed by atoms with Crippen molar-refractivity contribution < 1.29 is 27.5 Å². The van der Waals surface area contributed by atoms with E-state index >= 15 is 4.39 Å². The number of aromatic carboxylic acids is 1. The predicted molar refractivity (Wildman–Crippen MR) is 105 cm³/mol. The van der Waals surface area contributed by atoms with Crippen molar-refractivity contribution in [2.45, 2.75) is 43.7 Å². The number of hydrogen-bond acceptors (Lipinski definition) is 4. The van der Waals surface area contributed by atoms with Crippen LogP contribution in [-0.2, 0) is 0 Å². The summed E-state index contributed by atoms with van der Waals surface area (Å²) < 4.78 is 60.0. The molecule has 3 fully saturated rings. The van der Waals surface area contributed by atoms with Crippen LogP contribution in [0, 0.1) is 17.6 Å². The number of nitrogens with one attached hydrogen (secondary N) is 1. The summed E-state index contributed by atoms with van der Waals surface area (Å²) in [5, 5.41) is 12.0. The molecule has 1 saturated heterocycles. The van der Waals surface area contributed by atoms with Crippen molar-refractivity contribution in [3.63, 3.8) is 0 Å². The lowest BCUT2D eigenvalue weighted by molar-refractivity contribution is 0.0694. The van der Waals surface area contributed by atoms with Crippen molar-refractivity contribution in [2.24, 2.45) is 5.92 Å². The van der Waals surface area contributed by atoms with Crippen LogP contribution >= 0.6 is 0 Å². The molecule has 1 aliphatic heterocycles. The minimum atomic E-state index is -1.56. The molecule has 10 heteroatoms. The molecule has 4 unspecified atom stereocenters. The van der Waals surface area contributed by atoms with Crippen molar-refractivity contribution in [3.05, 3.63) is 39.7 Å². The third-order valence-electron chi connectivity index (χ3n) is 6.38. The number of alkyl halides is 2. The third kappa shape index (κ3) is 3.46. The van der Waals surface area contributed by atoms with Crippen molar-refractivity contribution in [1.29, 1.82) is 0 Å². The van der Waals surface area contributed by atoms with Gasteiger partial charge in [-0.25, -0.2) is 22.4 Å². The van der Waals surface area contributed by atoms with Crippen molar-refractivity contribution in [2.75, 3.05) is 24.5 Å². The van der Waals surface area contributed by atoms with Crippen LogP contribution in [0.25, 0.3) is 10.9 Å². The number of carboxylic acid groups (broad SMARTS) is 1. The van der Waals surface area contributed by atoms with Gasteiger partial charge >= 0.3 is 5.97 Å². The number of benzene rings is 1. The fourth-order valence-electron chi connectivity index (χ4n) is 4.39.